The minimum Gasteiger partial charge on any atom is -0.480 e. The molecule has 25 heavy (non-hydrogen) atoms. The van der Waals surface area contributed by atoms with Crippen LogP contribution in [0.15, 0.2) is 60.9 Å². The number of benzene rings is 1. The zero-order valence-corrected chi connectivity index (χ0v) is 14.3. The molecule has 1 aromatic heterocycles. The van der Waals surface area contributed by atoms with Gasteiger partial charge in [-0.1, -0.05) is 42.0 Å². The Balaban J connectivity index is 0.00000225. The van der Waals surface area contributed by atoms with E-state index in [0.717, 1.165) is 24.2 Å². The second-order valence-electron chi connectivity index (χ2n) is 6.22. The van der Waals surface area contributed by atoms with Gasteiger partial charge in [-0.05, 0) is 43.7 Å². The zero-order chi connectivity index (χ0) is 16.9. The van der Waals surface area contributed by atoms with E-state index in [0.29, 0.717) is 6.42 Å². The lowest BCUT2D eigenvalue weighted by Gasteiger charge is -2.20. The van der Waals surface area contributed by atoms with Gasteiger partial charge in [0.15, 0.2) is 0 Å². The number of carboxylic acids is 1. The molecule has 0 radical (unpaired) electrons. The molecule has 2 aromatic rings. The first-order valence-electron chi connectivity index (χ1n) is 8.29. The zero-order valence-electron chi connectivity index (χ0n) is 14.3. The minimum absolute atomic E-state index is 0. The number of allylic oxidation sites excluding steroid dienone is 1. The summed E-state index contributed by atoms with van der Waals surface area (Å²) >= 11 is 0. The lowest BCUT2D eigenvalue weighted by molar-refractivity contribution is -0.141. The van der Waals surface area contributed by atoms with Crippen LogP contribution in [0.2, 0.25) is 0 Å². The Morgan fingerprint density at radius 3 is 2.68 bits per heavy atom. The topological polar surface area (TPSA) is 84.9 Å². The van der Waals surface area contributed by atoms with Crippen molar-refractivity contribution in [2.45, 2.75) is 31.7 Å². The molecule has 3 N–H and O–H groups in total. The number of aryl methyl sites for hydroxylation is 1. The van der Waals surface area contributed by atoms with Crippen LogP contribution in [0.1, 0.15) is 35.6 Å². The number of aliphatic carboxylic acids is 1. The summed E-state index contributed by atoms with van der Waals surface area (Å²) in [5.74, 6) is -0.733. The fourth-order valence-corrected chi connectivity index (χ4v) is 3.14. The van der Waals surface area contributed by atoms with Crippen molar-refractivity contribution >= 4 is 5.97 Å². The van der Waals surface area contributed by atoms with Crippen molar-refractivity contribution in [1.82, 2.24) is 9.88 Å². The molecule has 3 rings (SSSR count). The number of nitrogens with zero attached hydrogens (tertiary/aromatic N) is 2. The molecular formula is C20H24N2O3. The van der Waals surface area contributed by atoms with Crippen molar-refractivity contribution < 1.29 is 15.4 Å². The van der Waals surface area contributed by atoms with Crippen LogP contribution < -0.4 is 0 Å². The Kier molecular flexibility index (Phi) is 6.31. The molecule has 2 unspecified atom stereocenters. The molecule has 5 nitrogen and oxygen atoms in total. The average molecular weight is 340 g/mol. The predicted molar refractivity (Wildman–Crippen MR) is 97.4 cm³/mol. The van der Waals surface area contributed by atoms with Crippen LogP contribution >= 0.6 is 0 Å². The Bertz CT molecular complexity index is 713. The van der Waals surface area contributed by atoms with E-state index < -0.39 is 12.0 Å². The van der Waals surface area contributed by atoms with Crippen molar-refractivity contribution in [3.63, 3.8) is 0 Å². The second kappa shape index (κ2) is 8.44. The van der Waals surface area contributed by atoms with Gasteiger partial charge in [-0.15, -0.1) is 0 Å². The van der Waals surface area contributed by atoms with Crippen molar-refractivity contribution in [2.24, 2.45) is 0 Å². The Morgan fingerprint density at radius 2 is 2.04 bits per heavy atom. The van der Waals surface area contributed by atoms with Gasteiger partial charge in [0.2, 0.25) is 0 Å². The number of carboxylic acid groups (broad SMARTS) is 1. The van der Waals surface area contributed by atoms with Crippen LogP contribution in [0.5, 0.6) is 0 Å². The number of likely N-dealkylation sites (tertiary alicyclic amines) is 1. The number of hydrogen-bond donors (Lipinski definition) is 1. The van der Waals surface area contributed by atoms with Gasteiger partial charge in [-0.2, -0.15) is 0 Å². The average Bonchev–Trinajstić information content (AvgIpc) is 3.06. The van der Waals surface area contributed by atoms with Gasteiger partial charge in [0.1, 0.15) is 6.04 Å². The first kappa shape index (κ1) is 18.7. The predicted octanol–water partition coefficient (Wildman–Crippen LogP) is 2.76. The van der Waals surface area contributed by atoms with Crippen molar-refractivity contribution in [1.29, 1.82) is 0 Å². The molecule has 0 amide bonds. The standard InChI is InChI=1S/C20H22N2O2.H2O/c1-15-7-9-16(10-8-15)17(18-5-2-3-12-21-18)11-14-22-13-4-6-19(22)20(23)24;/h2-3,5,7-12,14,17,19H,4,6,13H2,1H3,(H,23,24);1H2. The molecule has 2 atom stereocenters. The second-order valence-corrected chi connectivity index (χ2v) is 6.22. The Morgan fingerprint density at radius 1 is 1.28 bits per heavy atom. The monoisotopic (exact) mass is 340 g/mol. The summed E-state index contributed by atoms with van der Waals surface area (Å²) < 4.78 is 0. The molecule has 5 heteroatoms. The molecule has 0 spiro atoms. The fraction of sp³-hybridized carbons (Fsp3) is 0.300. The van der Waals surface area contributed by atoms with E-state index in [9.17, 15) is 9.90 Å². The van der Waals surface area contributed by atoms with Crippen molar-refractivity contribution in [3.8, 4) is 0 Å². The maximum absolute atomic E-state index is 11.3. The van der Waals surface area contributed by atoms with Crippen LogP contribution in [0.25, 0.3) is 0 Å². The quantitative estimate of drug-likeness (QED) is 0.907. The lowest BCUT2D eigenvalue weighted by atomic mass is 9.94. The SMILES string of the molecule is Cc1ccc(C(C=CN2CCCC2C(=O)O)c2ccccn2)cc1.O. The normalized spacial score (nSPS) is 18.1. The van der Waals surface area contributed by atoms with Gasteiger partial charge in [0.05, 0.1) is 5.69 Å². The van der Waals surface area contributed by atoms with Crippen LogP contribution in [-0.2, 0) is 4.79 Å². The molecule has 1 aliphatic heterocycles. The molecule has 1 aliphatic rings. The van der Waals surface area contributed by atoms with Crippen LogP contribution in [0.4, 0.5) is 0 Å². The highest BCUT2D eigenvalue weighted by molar-refractivity contribution is 5.74. The van der Waals surface area contributed by atoms with Crippen molar-refractivity contribution in [2.75, 3.05) is 6.54 Å². The Labute approximate surface area is 147 Å². The van der Waals surface area contributed by atoms with Gasteiger partial charge < -0.3 is 15.5 Å². The van der Waals surface area contributed by atoms with Gasteiger partial charge in [0.25, 0.3) is 0 Å². The number of rotatable bonds is 5. The fourth-order valence-electron chi connectivity index (χ4n) is 3.14. The first-order valence-corrected chi connectivity index (χ1v) is 8.29. The van der Waals surface area contributed by atoms with Crippen LogP contribution in [0, 0.1) is 6.92 Å². The van der Waals surface area contributed by atoms with Crippen LogP contribution in [0.3, 0.4) is 0 Å². The molecule has 1 saturated heterocycles. The maximum Gasteiger partial charge on any atom is 0.326 e. The summed E-state index contributed by atoms with van der Waals surface area (Å²) in [7, 11) is 0. The van der Waals surface area contributed by atoms with Gasteiger partial charge >= 0.3 is 5.97 Å². The molecule has 0 aliphatic carbocycles. The molecule has 1 fully saturated rings. The molecule has 0 bridgehead atoms. The third-order valence-electron chi connectivity index (χ3n) is 4.49. The van der Waals surface area contributed by atoms with E-state index in [4.69, 9.17) is 0 Å². The summed E-state index contributed by atoms with van der Waals surface area (Å²) in [4.78, 5) is 17.8. The molecule has 0 saturated carbocycles. The number of hydrogen-bond acceptors (Lipinski definition) is 3. The van der Waals surface area contributed by atoms with E-state index in [-0.39, 0.29) is 11.4 Å². The number of pyridine rings is 1. The van der Waals surface area contributed by atoms with Gasteiger partial charge in [-0.3, -0.25) is 4.98 Å². The van der Waals surface area contributed by atoms with Gasteiger partial charge in [-0.25, -0.2) is 4.79 Å². The lowest BCUT2D eigenvalue weighted by Crippen LogP contribution is -2.31. The summed E-state index contributed by atoms with van der Waals surface area (Å²) in [5, 5.41) is 9.33. The smallest absolute Gasteiger partial charge is 0.326 e. The summed E-state index contributed by atoms with van der Waals surface area (Å²) in [6.07, 6.45) is 7.41. The van der Waals surface area contributed by atoms with Crippen molar-refractivity contribution in [3.05, 3.63) is 77.8 Å². The highest BCUT2D eigenvalue weighted by Gasteiger charge is 2.28. The molecular weight excluding hydrogens is 316 g/mol. The van der Waals surface area contributed by atoms with E-state index in [1.54, 1.807) is 6.20 Å². The Hall–Kier alpha value is -2.66. The van der Waals surface area contributed by atoms with E-state index in [2.05, 4.69) is 42.2 Å². The number of aromatic nitrogens is 1. The highest BCUT2D eigenvalue weighted by Crippen LogP contribution is 2.26. The summed E-state index contributed by atoms with van der Waals surface area (Å²) in [5.41, 5.74) is 3.33. The van der Waals surface area contributed by atoms with E-state index in [1.165, 1.54) is 5.56 Å². The van der Waals surface area contributed by atoms with E-state index in [1.807, 2.05) is 29.3 Å². The van der Waals surface area contributed by atoms with Gasteiger partial charge in [0, 0.05) is 18.7 Å². The summed E-state index contributed by atoms with van der Waals surface area (Å²) in [6.45, 7) is 2.85. The van der Waals surface area contributed by atoms with E-state index >= 15 is 0 Å². The van der Waals surface area contributed by atoms with Crippen LogP contribution in [-0.4, -0.2) is 39.0 Å². The first-order chi connectivity index (χ1) is 11.6. The third-order valence-corrected chi connectivity index (χ3v) is 4.49. The highest BCUT2D eigenvalue weighted by atomic mass is 16.4. The third kappa shape index (κ3) is 4.45. The summed E-state index contributed by atoms with van der Waals surface area (Å²) in [6, 6.07) is 13.9. The number of carbonyl (C=O) groups is 1. The largest absolute Gasteiger partial charge is 0.480 e. The maximum atomic E-state index is 11.3. The molecule has 2 heterocycles. The molecule has 132 valence electrons. The molecule has 1 aromatic carbocycles. The minimum atomic E-state index is -0.748.